The molecule has 4 rings (SSSR count). The summed E-state index contributed by atoms with van der Waals surface area (Å²) in [6, 6.07) is 17.5. The maximum absolute atomic E-state index is 13.0. The third-order valence-electron chi connectivity index (χ3n) is 5.81. The van der Waals surface area contributed by atoms with E-state index in [9.17, 15) is 14.7 Å². The number of aromatic nitrogens is 4. The number of aryl methyl sites for hydroxylation is 2. The van der Waals surface area contributed by atoms with Crippen molar-refractivity contribution in [2.45, 2.75) is 32.5 Å². The molecular weight excluding hydrogens is 434 g/mol. The van der Waals surface area contributed by atoms with Gasteiger partial charge in [-0.2, -0.15) is 4.98 Å². The molecule has 1 atom stereocenters. The molecule has 9 nitrogen and oxygen atoms in total. The molecule has 0 saturated heterocycles. The van der Waals surface area contributed by atoms with Crippen LogP contribution in [0.25, 0.3) is 11.2 Å². The molecule has 0 aliphatic carbocycles. The summed E-state index contributed by atoms with van der Waals surface area (Å²) in [6.07, 6.45) is 0.0229. The van der Waals surface area contributed by atoms with Crippen molar-refractivity contribution in [3.8, 4) is 5.75 Å². The van der Waals surface area contributed by atoms with Crippen LogP contribution in [0.1, 0.15) is 18.1 Å². The number of imidazole rings is 1. The number of benzene rings is 2. The van der Waals surface area contributed by atoms with Gasteiger partial charge in [0.05, 0.1) is 6.54 Å². The van der Waals surface area contributed by atoms with E-state index in [1.165, 1.54) is 17.2 Å². The number of rotatable bonds is 9. The summed E-state index contributed by atoms with van der Waals surface area (Å²) < 4.78 is 9.74. The van der Waals surface area contributed by atoms with E-state index in [4.69, 9.17) is 4.74 Å². The molecule has 0 amide bonds. The average Bonchev–Trinajstić information content (AvgIpc) is 3.22. The van der Waals surface area contributed by atoms with Gasteiger partial charge in [-0.1, -0.05) is 49.4 Å². The highest BCUT2D eigenvalue weighted by molar-refractivity contribution is 5.74. The van der Waals surface area contributed by atoms with Crippen LogP contribution in [-0.4, -0.2) is 36.5 Å². The number of nitrogens with one attached hydrogen (secondary N) is 1. The highest BCUT2D eigenvalue weighted by atomic mass is 16.5. The minimum Gasteiger partial charge on any atom is -0.491 e. The number of anilines is 1. The first-order chi connectivity index (χ1) is 16.4. The van der Waals surface area contributed by atoms with Crippen LogP contribution in [0.5, 0.6) is 5.75 Å². The Morgan fingerprint density at radius 1 is 1.00 bits per heavy atom. The Hall–Kier alpha value is -3.85. The molecule has 178 valence electrons. The van der Waals surface area contributed by atoms with Crippen molar-refractivity contribution in [3.63, 3.8) is 0 Å². The Kier molecular flexibility index (Phi) is 6.83. The van der Waals surface area contributed by atoms with Crippen LogP contribution in [0.3, 0.4) is 0 Å². The highest BCUT2D eigenvalue weighted by Crippen LogP contribution is 2.18. The van der Waals surface area contributed by atoms with Crippen molar-refractivity contribution >= 4 is 17.1 Å². The molecule has 2 aromatic carbocycles. The second kappa shape index (κ2) is 9.96. The monoisotopic (exact) mass is 463 g/mol. The summed E-state index contributed by atoms with van der Waals surface area (Å²) >= 11 is 0. The van der Waals surface area contributed by atoms with Crippen LogP contribution in [0.2, 0.25) is 0 Å². The minimum atomic E-state index is -0.914. The summed E-state index contributed by atoms with van der Waals surface area (Å²) in [5, 5.41) is 14.0. The molecule has 0 bridgehead atoms. The molecule has 34 heavy (non-hydrogen) atoms. The highest BCUT2D eigenvalue weighted by Gasteiger charge is 2.21. The summed E-state index contributed by atoms with van der Waals surface area (Å²) in [7, 11) is 3.00. The third kappa shape index (κ3) is 4.74. The van der Waals surface area contributed by atoms with Crippen molar-refractivity contribution in [2.24, 2.45) is 14.1 Å². The van der Waals surface area contributed by atoms with E-state index in [1.54, 1.807) is 11.6 Å². The predicted molar refractivity (Wildman–Crippen MR) is 131 cm³/mol. The fraction of sp³-hybridized carbons (Fsp3) is 0.320. The second-order valence-corrected chi connectivity index (χ2v) is 8.23. The van der Waals surface area contributed by atoms with Crippen molar-refractivity contribution in [3.05, 3.63) is 86.6 Å². The van der Waals surface area contributed by atoms with Crippen LogP contribution in [0, 0.1) is 0 Å². The molecule has 9 heteroatoms. The SMILES string of the molecule is CCc1ccc(OC[C@H](O)Cn2c(NCc3ccccc3)nc3c2c(=O)n(C)c(=O)n3C)cc1. The standard InChI is InChI=1S/C25H29N5O4/c1-4-17-10-12-20(13-11-17)34-16-19(31)15-30-21-22(28(2)25(33)29(3)23(21)32)27-24(30)26-14-18-8-6-5-7-9-18/h5-13,19,31H,4,14-16H2,1-3H3,(H,26,27)/t19-/m1/s1. The molecular formula is C25H29N5O4. The van der Waals surface area contributed by atoms with E-state index in [-0.39, 0.29) is 24.3 Å². The fourth-order valence-electron chi connectivity index (χ4n) is 3.81. The van der Waals surface area contributed by atoms with E-state index in [2.05, 4.69) is 17.2 Å². The van der Waals surface area contributed by atoms with Gasteiger partial charge in [0.15, 0.2) is 11.2 Å². The molecule has 0 spiro atoms. The molecule has 2 aromatic heterocycles. The number of nitrogens with zero attached hydrogens (tertiary/aromatic N) is 4. The maximum Gasteiger partial charge on any atom is 0.332 e. The Labute approximate surface area is 196 Å². The Bertz CT molecular complexity index is 1390. The van der Waals surface area contributed by atoms with Gasteiger partial charge < -0.3 is 19.7 Å². The molecule has 0 radical (unpaired) electrons. The zero-order chi connectivity index (χ0) is 24.2. The van der Waals surface area contributed by atoms with Crippen LogP contribution < -0.4 is 21.3 Å². The Morgan fingerprint density at radius 3 is 2.38 bits per heavy atom. The molecule has 4 aromatic rings. The molecule has 2 heterocycles. The van der Waals surface area contributed by atoms with Gasteiger partial charge in [0.2, 0.25) is 5.95 Å². The third-order valence-corrected chi connectivity index (χ3v) is 5.81. The topological polar surface area (TPSA) is 103 Å². The van der Waals surface area contributed by atoms with Gasteiger partial charge in [0, 0.05) is 20.6 Å². The van der Waals surface area contributed by atoms with E-state index in [0.717, 1.165) is 16.6 Å². The number of aliphatic hydroxyl groups excluding tert-OH is 1. The lowest BCUT2D eigenvalue weighted by molar-refractivity contribution is 0.0938. The van der Waals surface area contributed by atoms with Crippen molar-refractivity contribution < 1.29 is 9.84 Å². The van der Waals surface area contributed by atoms with Gasteiger partial charge in [0.1, 0.15) is 18.5 Å². The summed E-state index contributed by atoms with van der Waals surface area (Å²) in [5.74, 6) is 1.05. The van der Waals surface area contributed by atoms with Gasteiger partial charge in [-0.05, 0) is 29.7 Å². The molecule has 0 aliphatic rings. The Balaban J connectivity index is 1.62. The minimum absolute atomic E-state index is 0.0371. The first-order valence-electron chi connectivity index (χ1n) is 11.2. The van der Waals surface area contributed by atoms with Crippen LogP contribution in [0.4, 0.5) is 5.95 Å². The van der Waals surface area contributed by atoms with Gasteiger partial charge in [-0.3, -0.25) is 13.9 Å². The van der Waals surface area contributed by atoms with E-state index < -0.39 is 17.4 Å². The van der Waals surface area contributed by atoms with Crippen LogP contribution in [0.15, 0.2) is 64.2 Å². The van der Waals surface area contributed by atoms with Gasteiger partial charge in [-0.25, -0.2) is 4.79 Å². The van der Waals surface area contributed by atoms with Crippen molar-refractivity contribution in [1.29, 1.82) is 0 Å². The molecule has 0 fully saturated rings. The normalized spacial score (nSPS) is 12.1. The van der Waals surface area contributed by atoms with Gasteiger partial charge >= 0.3 is 5.69 Å². The summed E-state index contributed by atoms with van der Waals surface area (Å²) in [6.45, 7) is 2.65. The largest absolute Gasteiger partial charge is 0.491 e. The van der Waals surface area contributed by atoms with Crippen LogP contribution >= 0.6 is 0 Å². The zero-order valence-electron chi connectivity index (χ0n) is 19.6. The number of hydrogen-bond acceptors (Lipinski definition) is 6. The lowest BCUT2D eigenvalue weighted by Gasteiger charge is -2.16. The van der Waals surface area contributed by atoms with E-state index in [0.29, 0.717) is 18.2 Å². The van der Waals surface area contributed by atoms with Gasteiger partial charge in [-0.15, -0.1) is 0 Å². The number of ether oxygens (including phenoxy) is 1. The molecule has 2 N–H and O–H groups in total. The van der Waals surface area contributed by atoms with Crippen molar-refractivity contribution in [2.75, 3.05) is 11.9 Å². The first-order valence-corrected chi connectivity index (χ1v) is 11.2. The van der Waals surface area contributed by atoms with Crippen LogP contribution in [-0.2, 0) is 33.6 Å². The average molecular weight is 464 g/mol. The van der Waals surface area contributed by atoms with E-state index >= 15 is 0 Å². The number of hydrogen-bond donors (Lipinski definition) is 2. The number of aliphatic hydroxyl groups is 1. The Morgan fingerprint density at radius 2 is 1.71 bits per heavy atom. The fourth-order valence-corrected chi connectivity index (χ4v) is 3.81. The predicted octanol–water partition coefficient (Wildman–Crippen LogP) is 2.05. The van der Waals surface area contributed by atoms with Crippen molar-refractivity contribution in [1.82, 2.24) is 18.7 Å². The van der Waals surface area contributed by atoms with E-state index in [1.807, 2.05) is 54.6 Å². The first kappa shape index (κ1) is 23.3. The summed E-state index contributed by atoms with van der Waals surface area (Å²) in [4.78, 5) is 29.9. The second-order valence-electron chi connectivity index (χ2n) is 8.23. The lowest BCUT2D eigenvalue weighted by Crippen LogP contribution is -2.38. The number of fused-ring (bicyclic) bond motifs is 1. The lowest BCUT2D eigenvalue weighted by atomic mass is 10.2. The summed E-state index contributed by atoms with van der Waals surface area (Å²) in [5.41, 5.74) is 1.80. The maximum atomic E-state index is 13.0. The molecule has 0 aliphatic heterocycles. The molecule has 0 unspecified atom stereocenters. The smallest absolute Gasteiger partial charge is 0.332 e. The quantitative estimate of drug-likeness (QED) is 0.394. The zero-order valence-corrected chi connectivity index (χ0v) is 19.6. The van der Waals surface area contributed by atoms with Gasteiger partial charge in [0.25, 0.3) is 5.56 Å². The molecule has 0 saturated carbocycles.